The topological polar surface area (TPSA) is 150 Å². The number of methoxy groups -OCH3 is 2. The third-order valence-corrected chi connectivity index (χ3v) is 7.00. The second-order valence-corrected chi connectivity index (χ2v) is 10.4. The standard InChI is InChI=1S/C29H31F3N6O7/c1-14-12-38(13-15(2)44-14)8-9-43-20-7-6-18-23(24(20)45-26(40)29(30,31)32)25(39)36-28(34-18)37-27-33-16(3)17-10-21(41-4)22(42-5)11-19(17)35-27/h6-7,10-11,14-15H,8-9,12-13H2,1-5H3,(H2,33,34,35,36,37,39). The van der Waals surface area contributed by atoms with E-state index >= 15 is 0 Å². The Balaban J connectivity index is 1.46. The maximum atomic E-state index is 13.3. The van der Waals surface area contributed by atoms with Gasteiger partial charge in [-0.25, -0.2) is 19.7 Å². The molecule has 13 nitrogen and oxygen atoms in total. The van der Waals surface area contributed by atoms with E-state index in [1.165, 1.54) is 26.4 Å². The lowest BCUT2D eigenvalue weighted by atomic mass is 10.1. The number of morpholine rings is 1. The van der Waals surface area contributed by atoms with Gasteiger partial charge in [-0.3, -0.25) is 20.0 Å². The average molecular weight is 633 g/mol. The van der Waals surface area contributed by atoms with Crippen molar-refractivity contribution >= 4 is 39.7 Å². The van der Waals surface area contributed by atoms with Gasteiger partial charge in [0.05, 0.1) is 43.2 Å². The number of aryl methyl sites for hydroxylation is 1. The molecule has 2 unspecified atom stereocenters. The van der Waals surface area contributed by atoms with Crippen LogP contribution in [0, 0.1) is 6.92 Å². The zero-order valence-electron chi connectivity index (χ0n) is 25.1. The van der Waals surface area contributed by atoms with E-state index in [2.05, 4.69) is 30.2 Å². The van der Waals surface area contributed by atoms with Crippen LogP contribution in [0.4, 0.5) is 25.1 Å². The van der Waals surface area contributed by atoms with Gasteiger partial charge in [-0.2, -0.15) is 13.2 Å². The van der Waals surface area contributed by atoms with Crippen molar-refractivity contribution in [1.29, 1.82) is 0 Å². The van der Waals surface area contributed by atoms with Gasteiger partial charge in [0, 0.05) is 31.1 Å². The van der Waals surface area contributed by atoms with Crippen molar-refractivity contribution in [2.75, 3.05) is 45.8 Å². The highest BCUT2D eigenvalue weighted by Crippen LogP contribution is 2.36. The molecular weight excluding hydrogens is 601 g/mol. The number of esters is 1. The van der Waals surface area contributed by atoms with E-state index in [4.69, 9.17) is 23.7 Å². The molecule has 45 heavy (non-hydrogen) atoms. The first-order valence-corrected chi connectivity index (χ1v) is 13.9. The number of H-pyrrole nitrogens is 1. The quantitative estimate of drug-likeness (QED) is 0.204. The van der Waals surface area contributed by atoms with E-state index in [9.17, 15) is 22.8 Å². The Labute approximate surface area is 254 Å². The molecule has 0 spiro atoms. The molecular formula is C29H31F3N6O7. The molecule has 2 atom stereocenters. The molecule has 1 aliphatic rings. The average Bonchev–Trinajstić information content (AvgIpc) is 2.96. The molecule has 4 aromatic rings. The van der Waals surface area contributed by atoms with Crippen molar-refractivity contribution in [1.82, 2.24) is 24.8 Å². The molecule has 2 aromatic carbocycles. The molecule has 1 fully saturated rings. The molecule has 0 saturated carbocycles. The largest absolute Gasteiger partial charge is 0.493 e. The number of nitrogens with one attached hydrogen (secondary N) is 2. The second kappa shape index (κ2) is 12.7. The van der Waals surface area contributed by atoms with Crippen LogP contribution in [0.5, 0.6) is 23.0 Å². The summed E-state index contributed by atoms with van der Waals surface area (Å²) in [7, 11) is 3.00. The summed E-state index contributed by atoms with van der Waals surface area (Å²) in [6.07, 6.45) is -5.32. The SMILES string of the molecule is COc1cc2nc(Nc3nc4ccc(OCCN5CC(C)OC(C)C5)c(OC(=O)C(F)(F)F)c4c(=O)[nH]3)nc(C)c2cc1OC. The third-order valence-electron chi connectivity index (χ3n) is 7.00. The number of halogens is 3. The smallest absolute Gasteiger partial charge is 0.491 e. The maximum absolute atomic E-state index is 13.3. The highest BCUT2D eigenvalue weighted by Gasteiger charge is 2.42. The van der Waals surface area contributed by atoms with E-state index in [0.29, 0.717) is 47.7 Å². The number of anilines is 2. The number of carbonyl (C=O) groups is 1. The van der Waals surface area contributed by atoms with Crippen LogP contribution >= 0.6 is 0 Å². The van der Waals surface area contributed by atoms with Crippen molar-refractivity contribution in [3.05, 3.63) is 40.3 Å². The zero-order chi connectivity index (χ0) is 32.5. The molecule has 5 rings (SSSR count). The van der Waals surface area contributed by atoms with Crippen molar-refractivity contribution in [3.8, 4) is 23.0 Å². The number of rotatable bonds is 9. The van der Waals surface area contributed by atoms with Gasteiger partial charge >= 0.3 is 12.1 Å². The van der Waals surface area contributed by atoms with Crippen LogP contribution < -0.4 is 29.8 Å². The van der Waals surface area contributed by atoms with Crippen LogP contribution in [0.1, 0.15) is 19.5 Å². The Hall–Kier alpha value is -4.70. The fourth-order valence-corrected chi connectivity index (χ4v) is 5.13. The Morgan fingerprint density at radius 1 is 1.04 bits per heavy atom. The van der Waals surface area contributed by atoms with Gasteiger partial charge in [-0.1, -0.05) is 0 Å². The summed E-state index contributed by atoms with van der Waals surface area (Å²) in [4.78, 5) is 42.8. The van der Waals surface area contributed by atoms with Crippen LogP contribution in [0.15, 0.2) is 29.1 Å². The second-order valence-electron chi connectivity index (χ2n) is 10.4. The number of hydrogen-bond acceptors (Lipinski definition) is 12. The van der Waals surface area contributed by atoms with Crippen molar-refractivity contribution in [2.24, 2.45) is 0 Å². The van der Waals surface area contributed by atoms with Crippen molar-refractivity contribution in [3.63, 3.8) is 0 Å². The Morgan fingerprint density at radius 2 is 1.73 bits per heavy atom. The minimum absolute atomic E-state index is 0.000393. The number of aromatic amines is 1. The predicted octanol–water partition coefficient (Wildman–Crippen LogP) is 3.89. The molecule has 3 heterocycles. The predicted molar refractivity (Wildman–Crippen MR) is 157 cm³/mol. The lowest BCUT2D eigenvalue weighted by molar-refractivity contribution is -0.189. The summed E-state index contributed by atoms with van der Waals surface area (Å²) in [6.45, 7) is 7.37. The fraction of sp³-hybridized carbons (Fsp3) is 0.414. The highest BCUT2D eigenvalue weighted by molar-refractivity contribution is 5.91. The first-order chi connectivity index (χ1) is 21.4. The molecule has 2 aromatic heterocycles. The maximum Gasteiger partial charge on any atom is 0.491 e. The van der Waals surface area contributed by atoms with E-state index in [1.807, 2.05) is 13.8 Å². The lowest BCUT2D eigenvalue weighted by Crippen LogP contribution is -2.46. The number of nitrogens with zero attached hydrogens (tertiary/aromatic N) is 4. The molecule has 2 N–H and O–H groups in total. The van der Waals surface area contributed by atoms with Gasteiger partial charge in [0.25, 0.3) is 5.56 Å². The Morgan fingerprint density at radius 3 is 2.40 bits per heavy atom. The Kier molecular flexibility index (Phi) is 8.97. The number of ether oxygens (including phenoxy) is 5. The summed E-state index contributed by atoms with van der Waals surface area (Å²) < 4.78 is 66.4. The number of fused-ring (bicyclic) bond motifs is 2. The number of alkyl halides is 3. The highest BCUT2D eigenvalue weighted by atomic mass is 19.4. The van der Waals surface area contributed by atoms with Gasteiger partial charge in [0.15, 0.2) is 23.0 Å². The van der Waals surface area contributed by atoms with Gasteiger partial charge in [-0.05, 0) is 39.0 Å². The summed E-state index contributed by atoms with van der Waals surface area (Å²) in [5.74, 6) is -2.52. The molecule has 0 aliphatic carbocycles. The molecule has 0 amide bonds. The number of carbonyl (C=O) groups excluding carboxylic acids is 1. The van der Waals surface area contributed by atoms with Gasteiger partial charge in [0.2, 0.25) is 11.9 Å². The van der Waals surface area contributed by atoms with Crippen molar-refractivity contribution in [2.45, 2.75) is 39.2 Å². The number of hydrogen-bond donors (Lipinski definition) is 2. The van der Waals surface area contributed by atoms with Gasteiger partial charge < -0.3 is 23.7 Å². The molecule has 1 aliphatic heterocycles. The van der Waals surface area contributed by atoms with Crippen LogP contribution in [0.3, 0.4) is 0 Å². The number of aromatic nitrogens is 4. The zero-order valence-corrected chi connectivity index (χ0v) is 25.1. The summed E-state index contributed by atoms with van der Waals surface area (Å²) >= 11 is 0. The third kappa shape index (κ3) is 7.01. The molecule has 0 radical (unpaired) electrons. The molecule has 0 bridgehead atoms. The summed E-state index contributed by atoms with van der Waals surface area (Å²) in [5, 5.41) is 3.11. The fourth-order valence-electron chi connectivity index (χ4n) is 5.13. The number of benzene rings is 2. The normalized spacial score (nSPS) is 17.3. The minimum atomic E-state index is -5.32. The summed E-state index contributed by atoms with van der Waals surface area (Å²) in [6, 6.07) is 6.05. The minimum Gasteiger partial charge on any atom is -0.493 e. The van der Waals surface area contributed by atoms with Crippen LogP contribution in [-0.4, -0.2) is 89.7 Å². The van der Waals surface area contributed by atoms with E-state index in [1.54, 1.807) is 19.1 Å². The van der Waals surface area contributed by atoms with Crippen LogP contribution in [-0.2, 0) is 9.53 Å². The molecule has 1 saturated heterocycles. The van der Waals surface area contributed by atoms with E-state index in [-0.39, 0.29) is 42.0 Å². The monoisotopic (exact) mass is 632 g/mol. The first-order valence-electron chi connectivity index (χ1n) is 13.9. The van der Waals surface area contributed by atoms with E-state index < -0.39 is 28.8 Å². The van der Waals surface area contributed by atoms with E-state index in [0.717, 1.165) is 0 Å². The molecule has 16 heteroatoms. The van der Waals surface area contributed by atoms with Gasteiger partial charge in [-0.15, -0.1) is 0 Å². The lowest BCUT2D eigenvalue weighted by Gasteiger charge is -2.35. The van der Waals surface area contributed by atoms with Crippen molar-refractivity contribution < 1.29 is 41.7 Å². The van der Waals surface area contributed by atoms with Gasteiger partial charge in [0.1, 0.15) is 12.0 Å². The summed E-state index contributed by atoms with van der Waals surface area (Å²) in [5.41, 5.74) is 0.127. The molecule has 240 valence electrons. The van der Waals surface area contributed by atoms with Crippen LogP contribution in [0.2, 0.25) is 0 Å². The first kappa shape index (κ1) is 31.7. The van der Waals surface area contributed by atoms with Crippen LogP contribution in [0.25, 0.3) is 21.8 Å². The Bertz CT molecular complexity index is 1790.